The smallest absolute Gasteiger partial charge is 0.243 e. The number of nitrogens with zero attached hydrogens (tertiary/aromatic N) is 3. The number of hydrogen-bond acceptors (Lipinski definition) is 13. The second-order valence-corrected chi connectivity index (χ2v) is 9.86. The first-order chi connectivity index (χ1) is 22.2. The summed E-state index contributed by atoms with van der Waals surface area (Å²) in [6.45, 7) is 8.44. The quantitative estimate of drug-likeness (QED) is 0.0149. The highest BCUT2D eigenvalue weighted by Gasteiger charge is 2.29. The largest absolute Gasteiger partial charge is 0.379 e. The first-order valence-electron chi connectivity index (χ1n) is 15.4. The zero-order valence-electron chi connectivity index (χ0n) is 26.8. The molecule has 0 aliphatic heterocycles. The second-order valence-electron chi connectivity index (χ2n) is 9.86. The van der Waals surface area contributed by atoms with E-state index < -0.39 is 48.0 Å². The summed E-state index contributed by atoms with van der Waals surface area (Å²) in [6.07, 6.45) is -0.771. The molecule has 0 unspecified atom stereocenters. The molecule has 0 aromatic carbocycles. The van der Waals surface area contributed by atoms with E-state index in [4.69, 9.17) is 21.7 Å². The van der Waals surface area contributed by atoms with Crippen LogP contribution < -0.4 is 59.3 Å². The van der Waals surface area contributed by atoms with E-state index in [0.29, 0.717) is 65.4 Å². The minimum atomic E-state index is -1.31. The SMILES string of the molecule is CC(=O)N[C@H](CC(=O)NCCNCCNCCN)C(=O)N[C@@H](CC(=O)NCCNCCNCCN)C(=O)NCCOCCN=[N+]=[N-]. The summed E-state index contributed by atoms with van der Waals surface area (Å²) in [7, 11) is 0. The molecule has 0 aliphatic carbocycles. The molecule has 0 aromatic heterocycles. The van der Waals surface area contributed by atoms with E-state index in [-0.39, 0.29) is 39.3 Å². The van der Waals surface area contributed by atoms with Crippen LogP contribution in [-0.2, 0) is 28.7 Å². The molecule has 0 heterocycles. The molecule has 13 N–H and O–H groups in total. The number of carbonyl (C=O) groups is 5. The van der Waals surface area contributed by atoms with E-state index in [1.54, 1.807) is 0 Å². The molecule has 46 heavy (non-hydrogen) atoms. The summed E-state index contributed by atoms with van der Waals surface area (Å²) in [5.41, 5.74) is 19.1. The molecule has 20 nitrogen and oxygen atoms in total. The van der Waals surface area contributed by atoms with Crippen molar-refractivity contribution in [2.24, 2.45) is 16.6 Å². The molecule has 0 saturated carbocycles. The van der Waals surface area contributed by atoms with E-state index in [9.17, 15) is 24.0 Å². The van der Waals surface area contributed by atoms with Crippen LogP contribution in [-0.4, -0.2) is 146 Å². The lowest BCUT2D eigenvalue weighted by atomic mass is 10.1. The Morgan fingerprint density at radius 3 is 1.61 bits per heavy atom. The minimum Gasteiger partial charge on any atom is -0.379 e. The molecule has 0 rings (SSSR count). The molecular formula is C26H54N14O6. The Kier molecular flexibility index (Phi) is 27.7. The van der Waals surface area contributed by atoms with Gasteiger partial charge in [-0.2, -0.15) is 0 Å². The van der Waals surface area contributed by atoms with Gasteiger partial charge >= 0.3 is 0 Å². The number of nitrogens with two attached hydrogens (primary N) is 2. The van der Waals surface area contributed by atoms with Crippen molar-refractivity contribution < 1.29 is 28.7 Å². The molecule has 0 fully saturated rings. The van der Waals surface area contributed by atoms with Crippen LogP contribution in [0.15, 0.2) is 5.11 Å². The van der Waals surface area contributed by atoms with Gasteiger partial charge in [0.25, 0.3) is 0 Å². The third-order valence-electron chi connectivity index (χ3n) is 5.90. The fourth-order valence-electron chi connectivity index (χ4n) is 3.71. The highest BCUT2D eigenvalue weighted by molar-refractivity contribution is 5.96. The summed E-state index contributed by atoms with van der Waals surface area (Å²) in [5.74, 6) is -3.00. The van der Waals surface area contributed by atoms with Crippen LogP contribution in [0, 0.1) is 0 Å². The van der Waals surface area contributed by atoms with Gasteiger partial charge in [0.15, 0.2) is 0 Å². The summed E-state index contributed by atoms with van der Waals surface area (Å²) < 4.78 is 5.26. The van der Waals surface area contributed by atoms with Crippen LogP contribution in [0.3, 0.4) is 0 Å². The lowest BCUT2D eigenvalue weighted by molar-refractivity contribution is -0.135. The van der Waals surface area contributed by atoms with E-state index in [1.165, 1.54) is 6.92 Å². The summed E-state index contributed by atoms with van der Waals surface area (Å²) in [6, 6.07) is -2.59. The summed E-state index contributed by atoms with van der Waals surface area (Å²) in [5, 5.41) is 28.8. The van der Waals surface area contributed by atoms with Crippen molar-refractivity contribution >= 4 is 29.5 Å². The number of azide groups is 1. The van der Waals surface area contributed by atoms with E-state index in [1.807, 2.05) is 0 Å². The Morgan fingerprint density at radius 1 is 0.652 bits per heavy atom. The van der Waals surface area contributed by atoms with E-state index in [2.05, 4.69) is 57.9 Å². The van der Waals surface area contributed by atoms with Crippen molar-refractivity contribution in [3.05, 3.63) is 10.4 Å². The van der Waals surface area contributed by atoms with Gasteiger partial charge in [-0.15, -0.1) is 0 Å². The first-order valence-corrected chi connectivity index (χ1v) is 15.4. The molecule has 264 valence electrons. The lowest BCUT2D eigenvalue weighted by Crippen LogP contribution is -2.56. The van der Waals surface area contributed by atoms with Crippen LogP contribution in [0.2, 0.25) is 0 Å². The Morgan fingerprint density at radius 2 is 1.13 bits per heavy atom. The molecular weight excluding hydrogens is 604 g/mol. The highest BCUT2D eigenvalue weighted by atomic mass is 16.5. The van der Waals surface area contributed by atoms with Crippen molar-refractivity contribution in [1.82, 2.24) is 47.9 Å². The predicted octanol–water partition coefficient (Wildman–Crippen LogP) is -5.29. The third-order valence-corrected chi connectivity index (χ3v) is 5.90. The average molecular weight is 659 g/mol. The molecule has 2 atom stereocenters. The van der Waals surface area contributed by atoms with Crippen LogP contribution >= 0.6 is 0 Å². The van der Waals surface area contributed by atoms with Gasteiger partial charge in [0.05, 0.1) is 26.1 Å². The van der Waals surface area contributed by atoms with Gasteiger partial charge in [-0.05, 0) is 5.53 Å². The monoisotopic (exact) mass is 658 g/mol. The van der Waals surface area contributed by atoms with Crippen LogP contribution in [0.1, 0.15) is 19.8 Å². The maximum absolute atomic E-state index is 13.2. The van der Waals surface area contributed by atoms with Crippen molar-refractivity contribution in [2.75, 3.05) is 105 Å². The second kappa shape index (κ2) is 30.1. The summed E-state index contributed by atoms with van der Waals surface area (Å²) in [4.78, 5) is 65.7. The van der Waals surface area contributed by atoms with Crippen molar-refractivity contribution in [3.63, 3.8) is 0 Å². The number of amides is 5. The molecule has 0 radical (unpaired) electrons. The van der Waals surface area contributed by atoms with Gasteiger partial charge < -0.3 is 64.1 Å². The molecule has 0 aromatic rings. The maximum atomic E-state index is 13.2. The van der Waals surface area contributed by atoms with E-state index in [0.717, 1.165) is 6.54 Å². The van der Waals surface area contributed by atoms with Crippen molar-refractivity contribution in [3.8, 4) is 0 Å². The predicted molar refractivity (Wildman–Crippen MR) is 172 cm³/mol. The number of ether oxygens (including phenoxy) is 1. The molecule has 0 spiro atoms. The van der Waals surface area contributed by atoms with Gasteiger partial charge in [-0.3, -0.25) is 24.0 Å². The normalized spacial score (nSPS) is 11.9. The fraction of sp³-hybridized carbons (Fsp3) is 0.808. The summed E-state index contributed by atoms with van der Waals surface area (Å²) >= 11 is 0. The van der Waals surface area contributed by atoms with Crippen molar-refractivity contribution in [1.29, 1.82) is 0 Å². The Labute approximate surface area is 270 Å². The van der Waals surface area contributed by atoms with Crippen molar-refractivity contribution in [2.45, 2.75) is 31.8 Å². The zero-order chi connectivity index (χ0) is 34.3. The average Bonchev–Trinajstić information content (AvgIpc) is 3.02. The topological polar surface area (TPSA) is 304 Å². The van der Waals surface area contributed by atoms with Crippen LogP contribution in [0.5, 0.6) is 0 Å². The minimum absolute atomic E-state index is 0.0554. The molecule has 20 heteroatoms. The fourth-order valence-corrected chi connectivity index (χ4v) is 3.71. The Hall–Kier alpha value is -3.62. The van der Waals surface area contributed by atoms with Gasteiger partial charge in [-0.1, -0.05) is 5.11 Å². The van der Waals surface area contributed by atoms with Crippen LogP contribution in [0.4, 0.5) is 0 Å². The first kappa shape index (κ1) is 42.4. The number of carbonyl (C=O) groups excluding carboxylic acids is 5. The van der Waals surface area contributed by atoms with Gasteiger partial charge in [0.2, 0.25) is 29.5 Å². The van der Waals surface area contributed by atoms with E-state index >= 15 is 0 Å². The standard InChI is InChI=1S/C26H54N14O6/c1-20(41)38-22(19-24(43)35-13-11-33-9-7-31-5-3-28)26(45)39-21(25(44)36-14-16-46-17-15-37-40-29)18-23(42)34-12-10-32-8-6-30-4-2-27/h21-22,30-33H,2-19,27-28H2,1H3,(H,34,42)(H,35,43)(H,36,44)(H,38,41)(H,39,45)/t21-,22+/m0/s1. The van der Waals surface area contributed by atoms with Crippen LogP contribution in [0.25, 0.3) is 10.4 Å². The maximum Gasteiger partial charge on any atom is 0.243 e. The third kappa shape index (κ3) is 25.7. The van der Waals surface area contributed by atoms with Gasteiger partial charge in [0, 0.05) is 103 Å². The zero-order valence-corrected chi connectivity index (χ0v) is 26.8. The number of rotatable bonds is 30. The van der Waals surface area contributed by atoms with Gasteiger partial charge in [0.1, 0.15) is 12.1 Å². The lowest BCUT2D eigenvalue weighted by Gasteiger charge is -2.22. The van der Waals surface area contributed by atoms with Gasteiger partial charge in [-0.25, -0.2) is 0 Å². The highest BCUT2D eigenvalue weighted by Crippen LogP contribution is 1.99. The molecule has 0 saturated heterocycles. The molecule has 0 bridgehead atoms. The molecule has 5 amide bonds. The Bertz CT molecular complexity index is 922. The Balaban J connectivity index is 5.06. The number of hydrogen-bond donors (Lipinski definition) is 11. The number of nitrogens with one attached hydrogen (secondary N) is 9. The molecule has 0 aliphatic rings.